The number of alkyl halides is 36. The zero-order valence-electron chi connectivity index (χ0n) is 31.7. The Morgan fingerprint density at radius 2 is 0.529 bits per heavy atom. The van der Waals surface area contributed by atoms with Crippen LogP contribution in [0.2, 0.25) is 0 Å². The van der Waals surface area contributed by atoms with E-state index in [4.69, 9.17) is 0 Å². The molecule has 0 fully saturated rings. The standard InChI is InChI=1S/C14H13O.4C4F9.O.2Sn/c1-14(15,12-8-4-2-5-9-12)13-10-6-3-7-11-13;4*5-1(6)2(7,8)3(9,10)4(11,12)13;;;/h2-11H,1H3;;;;;;;/q-1;;;;;;;+1. The SMILES string of the molecule is CC([O][Sn]([O][Sn]([C](F)(F)C(F)(F)C(F)(F)C(F)(F)F)[C](F)(F)C(F)(F)C(F)(F)C(F)(F)F)([C](F)(F)C(F)(F)C(F)(F)C(F)(F)F)[C](F)(F)C(F)(F)C(F)(F)C(F)(F)F)(c1ccccc1)c1ccccc1. The second-order valence-electron chi connectivity index (χ2n) is 13.8. The van der Waals surface area contributed by atoms with Gasteiger partial charge in [-0.3, -0.25) is 0 Å². The molecule has 405 valence electrons. The Bertz CT molecular complexity index is 1980. The molecular formula is C30H13F36O2Sn2. The predicted molar refractivity (Wildman–Crippen MR) is 157 cm³/mol. The van der Waals surface area contributed by atoms with Crippen molar-refractivity contribution in [3.05, 3.63) is 71.8 Å². The second kappa shape index (κ2) is 17.8. The van der Waals surface area contributed by atoms with Gasteiger partial charge >= 0.3 is 374 Å². The monoisotopic (exact) mass is 1330 g/mol. The summed E-state index contributed by atoms with van der Waals surface area (Å²) >= 11 is -26.7. The van der Waals surface area contributed by atoms with E-state index in [1.165, 1.54) is 0 Å². The van der Waals surface area contributed by atoms with Crippen LogP contribution >= 0.6 is 0 Å². The van der Waals surface area contributed by atoms with Crippen LogP contribution in [0.4, 0.5) is 158 Å². The predicted octanol–water partition coefficient (Wildman–Crippen LogP) is 14.4. The molecular weight excluding hydrogens is 1310 g/mol. The van der Waals surface area contributed by atoms with E-state index < -0.39 is 151 Å². The number of benzene rings is 2. The quantitative estimate of drug-likeness (QED) is 0.109. The van der Waals surface area contributed by atoms with Crippen molar-refractivity contribution in [1.82, 2.24) is 0 Å². The minimum atomic E-state index is -14.2. The van der Waals surface area contributed by atoms with Gasteiger partial charge in [0, 0.05) is 0 Å². The Balaban J connectivity index is 3.94. The molecule has 0 N–H and O–H groups in total. The van der Waals surface area contributed by atoms with Gasteiger partial charge in [-0.15, -0.1) is 0 Å². The van der Waals surface area contributed by atoms with Crippen LogP contribution in [0, 0.1) is 0 Å². The second-order valence-corrected chi connectivity index (χ2v) is 31.4. The van der Waals surface area contributed by atoms with Crippen molar-refractivity contribution in [3.8, 4) is 0 Å². The van der Waals surface area contributed by atoms with E-state index >= 15 is 52.7 Å². The summed E-state index contributed by atoms with van der Waals surface area (Å²) < 4.78 is 490. The molecule has 0 spiro atoms. The summed E-state index contributed by atoms with van der Waals surface area (Å²) in [5, 5.41) is 0. The van der Waals surface area contributed by atoms with Crippen LogP contribution in [-0.4, -0.2) is 127 Å². The van der Waals surface area contributed by atoms with Gasteiger partial charge in [0.2, 0.25) is 0 Å². The third kappa shape index (κ3) is 8.93. The third-order valence-electron chi connectivity index (χ3n) is 9.22. The number of rotatable bonds is 18. The molecule has 2 rings (SSSR count). The van der Waals surface area contributed by atoms with Gasteiger partial charge in [-0.2, -0.15) is 0 Å². The molecule has 40 heteroatoms. The molecule has 2 aromatic carbocycles. The van der Waals surface area contributed by atoms with Gasteiger partial charge < -0.3 is 0 Å². The van der Waals surface area contributed by atoms with Gasteiger partial charge in [0.15, 0.2) is 0 Å². The average Bonchev–Trinajstić information content (AvgIpc) is 3.17. The molecule has 70 heavy (non-hydrogen) atoms. The normalized spacial score (nSPS) is 16.3. The Hall–Kier alpha value is -2.56. The topological polar surface area (TPSA) is 18.5 Å². The molecule has 1 radical (unpaired) electrons. The van der Waals surface area contributed by atoms with Crippen molar-refractivity contribution in [2.75, 3.05) is 0 Å². The number of hydrogen-bond acceptors (Lipinski definition) is 2. The fraction of sp³-hybridized carbons (Fsp3) is 0.600. The summed E-state index contributed by atoms with van der Waals surface area (Å²) in [6, 6.07) is 1.03. The maximum atomic E-state index is 16.7. The van der Waals surface area contributed by atoms with E-state index in [1.54, 1.807) is 0 Å². The first kappa shape index (κ1) is 63.6. The molecule has 0 heterocycles. The summed E-state index contributed by atoms with van der Waals surface area (Å²) in [6.45, 7) is -0.767. The van der Waals surface area contributed by atoms with Gasteiger partial charge in [0.05, 0.1) is 0 Å². The molecule has 0 aliphatic carbocycles. The molecule has 0 bridgehead atoms. The van der Waals surface area contributed by atoms with Crippen molar-refractivity contribution in [3.63, 3.8) is 0 Å². The van der Waals surface area contributed by atoms with Crippen LogP contribution in [0.5, 0.6) is 0 Å². The van der Waals surface area contributed by atoms with E-state index in [0.717, 1.165) is 0 Å². The maximum absolute atomic E-state index is 16.7. The first-order valence-electron chi connectivity index (χ1n) is 16.4. The zero-order valence-corrected chi connectivity index (χ0v) is 37.4. The molecule has 0 aliphatic heterocycles. The molecule has 0 aliphatic rings. The van der Waals surface area contributed by atoms with Crippen molar-refractivity contribution >= 4 is 39.4 Å². The molecule has 0 amide bonds. The van der Waals surface area contributed by atoms with E-state index in [9.17, 15) is 105 Å². The first-order valence-corrected chi connectivity index (χ1v) is 25.6. The number of hydrogen-bond donors (Lipinski definition) is 0. The van der Waals surface area contributed by atoms with Gasteiger partial charge in [0.25, 0.3) is 0 Å². The molecule has 0 saturated heterocycles. The van der Waals surface area contributed by atoms with Crippen molar-refractivity contribution in [1.29, 1.82) is 0 Å². The van der Waals surface area contributed by atoms with Crippen LogP contribution in [0.25, 0.3) is 0 Å². The van der Waals surface area contributed by atoms with Crippen molar-refractivity contribution in [2.45, 2.75) is 100 Å². The molecule has 2 aromatic rings. The summed E-state index contributed by atoms with van der Waals surface area (Å²) in [4.78, 5) is 0. The van der Waals surface area contributed by atoms with Crippen molar-refractivity contribution in [2.24, 2.45) is 0 Å². The fourth-order valence-corrected chi connectivity index (χ4v) is 34.8. The molecule has 0 aromatic heterocycles. The number of halogens is 36. The molecule has 0 unspecified atom stereocenters. The Morgan fingerprint density at radius 1 is 0.314 bits per heavy atom. The summed E-state index contributed by atoms with van der Waals surface area (Å²) in [5.41, 5.74) is -9.03. The molecule has 0 atom stereocenters. The first-order chi connectivity index (χ1) is 30.3. The third-order valence-corrected chi connectivity index (χ3v) is 33.6. The Labute approximate surface area is 373 Å². The molecule has 2 nitrogen and oxygen atoms in total. The summed E-state index contributed by atoms with van der Waals surface area (Å²) in [5.74, 6) is -77.0. The van der Waals surface area contributed by atoms with E-state index in [2.05, 4.69) is 4.49 Å². The van der Waals surface area contributed by atoms with Gasteiger partial charge in [-0.25, -0.2) is 0 Å². The van der Waals surface area contributed by atoms with Gasteiger partial charge in [-0.05, 0) is 0 Å². The van der Waals surface area contributed by atoms with E-state index in [1.807, 2.05) is 0 Å². The summed E-state index contributed by atoms with van der Waals surface area (Å²) in [6.07, 6.45) is -35.2. The van der Waals surface area contributed by atoms with Gasteiger partial charge in [0.1, 0.15) is 0 Å². The van der Waals surface area contributed by atoms with Crippen LogP contribution in [0.1, 0.15) is 18.1 Å². The van der Waals surface area contributed by atoms with Crippen LogP contribution in [0.3, 0.4) is 0 Å². The van der Waals surface area contributed by atoms with Crippen LogP contribution in [-0.2, 0) is 10.1 Å². The minimum absolute atomic E-state index is 0.177. The van der Waals surface area contributed by atoms with Crippen LogP contribution < -0.4 is 0 Å². The Kier molecular flexibility index (Phi) is 16.2. The average molecular weight is 1330 g/mol. The fourth-order valence-electron chi connectivity index (χ4n) is 5.23. The van der Waals surface area contributed by atoms with Crippen LogP contribution in [0.15, 0.2) is 60.7 Å². The van der Waals surface area contributed by atoms with Crippen molar-refractivity contribution < 1.29 is 163 Å². The zero-order chi connectivity index (χ0) is 56.2. The Morgan fingerprint density at radius 3 is 0.743 bits per heavy atom. The van der Waals surface area contributed by atoms with Gasteiger partial charge in [-0.1, -0.05) is 0 Å². The van der Waals surface area contributed by atoms with E-state index in [0.29, 0.717) is 12.1 Å². The molecule has 0 saturated carbocycles. The summed E-state index contributed by atoms with van der Waals surface area (Å²) in [7, 11) is 0. The van der Waals surface area contributed by atoms with E-state index in [-0.39, 0.29) is 48.5 Å².